The number of nitrogens with one attached hydrogen (secondary N) is 1. The van der Waals surface area contributed by atoms with Gasteiger partial charge >= 0.3 is 0 Å². The van der Waals surface area contributed by atoms with Crippen LogP contribution in [0.25, 0.3) is 0 Å². The molecule has 4 nitrogen and oxygen atoms in total. The van der Waals surface area contributed by atoms with E-state index < -0.39 is 0 Å². The molecule has 106 valence electrons. The van der Waals surface area contributed by atoms with Gasteiger partial charge in [0.15, 0.2) is 0 Å². The lowest BCUT2D eigenvalue weighted by Crippen LogP contribution is -2.02. The van der Waals surface area contributed by atoms with Crippen LogP contribution < -0.4 is 10.1 Å². The van der Waals surface area contributed by atoms with Crippen LogP contribution in [0, 0.1) is 0 Å². The molecule has 1 N–H and O–H groups in total. The van der Waals surface area contributed by atoms with Gasteiger partial charge in [0.25, 0.3) is 0 Å². The molecular formula is C15H18ClN3O. The fraction of sp³-hybridized carbons (Fsp3) is 0.333. The lowest BCUT2D eigenvalue weighted by Gasteiger charge is -2.09. The van der Waals surface area contributed by atoms with Crippen molar-refractivity contribution in [2.24, 2.45) is 0 Å². The Balaban J connectivity index is 2.13. The van der Waals surface area contributed by atoms with E-state index in [4.69, 9.17) is 16.3 Å². The van der Waals surface area contributed by atoms with Crippen LogP contribution in [-0.2, 0) is 6.42 Å². The summed E-state index contributed by atoms with van der Waals surface area (Å²) in [5, 5.41) is 3.96. The van der Waals surface area contributed by atoms with Crippen molar-refractivity contribution in [1.82, 2.24) is 9.97 Å². The van der Waals surface area contributed by atoms with E-state index in [9.17, 15) is 0 Å². The fourth-order valence-electron chi connectivity index (χ4n) is 1.75. The lowest BCUT2D eigenvalue weighted by atomic mass is 10.1. The predicted octanol–water partition coefficient (Wildman–Crippen LogP) is 4.31. The number of ether oxygens (including phenoxy) is 1. The molecule has 5 heteroatoms. The van der Waals surface area contributed by atoms with Crippen LogP contribution in [0.5, 0.6) is 11.6 Å². The van der Waals surface area contributed by atoms with E-state index in [2.05, 4.69) is 29.1 Å². The van der Waals surface area contributed by atoms with Crippen LogP contribution in [0.15, 0.2) is 30.6 Å². The maximum Gasteiger partial charge on any atom is 0.224 e. The van der Waals surface area contributed by atoms with E-state index in [1.165, 1.54) is 6.33 Å². The zero-order chi connectivity index (χ0) is 14.4. The maximum atomic E-state index is 6.09. The quantitative estimate of drug-likeness (QED) is 0.861. The van der Waals surface area contributed by atoms with E-state index in [0.717, 1.165) is 41.5 Å². The molecule has 0 spiro atoms. The molecular weight excluding hydrogens is 274 g/mol. The Labute approximate surface area is 124 Å². The largest absolute Gasteiger partial charge is 0.439 e. The molecule has 0 saturated carbocycles. The van der Waals surface area contributed by atoms with Gasteiger partial charge in [0, 0.05) is 17.6 Å². The molecule has 0 atom stereocenters. The van der Waals surface area contributed by atoms with Gasteiger partial charge in [-0.25, -0.2) is 9.97 Å². The third kappa shape index (κ3) is 3.84. The normalized spacial score (nSPS) is 10.3. The van der Waals surface area contributed by atoms with Crippen molar-refractivity contribution in [2.75, 3.05) is 11.9 Å². The van der Waals surface area contributed by atoms with Crippen molar-refractivity contribution in [2.45, 2.75) is 26.7 Å². The van der Waals surface area contributed by atoms with Crippen LogP contribution in [-0.4, -0.2) is 16.5 Å². The van der Waals surface area contributed by atoms with E-state index in [-0.39, 0.29) is 0 Å². The molecule has 0 aliphatic carbocycles. The molecule has 0 fully saturated rings. The van der Waals surface area contributed by atoms with Crippen molar-refractivity contribution in [3.8, 4) is 11.6 Å². The number of hydrogen-bond acceptors (Lipinski definition) is 4. The van der Waals surface area contributed by atoms with Gasteiger partial charge in [0.05, 0.1) is 0 Å². The first kappa shape index (κ1) is 14.6. The van der Waals surface area contributed by atoms with Crippen molar-refractivity contribution in [3.63, 3.8) is 0 Å². The highest BCUT2D eigenvalue weighted by Gasteiger charge is 2.04. The number of hydrogen-bond donors (Lipinski definition) is 1. The molecule has 0 bridgehead atoms. The van der Waals surface area contributed by atoms with E-state index in [1.54, 1.807) is 6.07 Å². The molecule has 0 unspecified atom stereocenters. The Morgan fingerprint density at radius 3 is 2.80 bits per heavy atom. The molecule has 2 aromatic rings. The van der Waals surface area contributed by atoms with Crippen LogP contribution in [0.4, 0.5) is 5.82 Å². The molecule has 1 aromatic heterocycles. The molecule has 1 heterocycles. The molecule has 20 heavy (non-hydrogen) atoms. The topological polar surface area (TPSA) is 47.0 Å². The minimum atomic E-state index is 0.517. The number of aromatic nitrogens is 2. The summed E-state index contributed by atoms with van der Waals surface area (Å²) in [5.74, 6) is 2.01. The summed E-state index contributed by atoms with van der Waals surface area (Å²) in [4.78, 5) is 8.26. The average Bonchev–Trinajstić information content (AvgIpc) is 2.47. The summed E-state index contributed by atoms with van der Waals surface area (Å²) in [5.41, 5.74) is 1.06. The van der Waals surface area contributed by atoms with Gasteiger partial charge in [-0.05, 0) is 36.6 Å². The number of aryl methyl sites for hydroxylation is 1. The van der Waals surface area contributed by atoms with Gasteiger partial charge in [-0.3, -0.25) is 0 Å². The van der Waals surface area contributed by atoms with Crippen molar-refractivity contribution >= 4 is 17.4 Å². The van der Waals surface area contributed by atoms with Crippen LogP contribution in [0.1, 0.15) is 25.8 Å². The van der Waals surface area contributed by atoms with E-state index >= 15 is 0 Å². The smallest absolute Gasteiger partial charge is 0.224 e. The SMILES string of the molecule is CCCNc1cc(Oc2ccc(Cl)c(CC)c2)ncn1. The van der Waals surface area contributed by atoms with Crippen LogP contribution in [0.3, 0.4) is 0 Å². The number of benzene rings is 1. The van der Waals surface area contributed by atoms with Gasteiger partial charge in [-0.1, -0.05) is 25.4 Å². The summed E-state index contributed by atoms with van der Waals surface area (Å²) in [6.07, 6.45) is 3.39. The molecule has 0 radical (unpaired) electrons. The lowest BCUT2D eigenvalue weighted by molar-refractivity contribution is 0.461. The second-order valence-electron chi connectivity index (χ2n) is 4.38. The molecule has 2 rings (SSSR count). The minimum absolute atomic E-state index is 0.517. The Kier molecular flexibility index (Phi) is 5.18. The monoisotopic (exact) mass is 291 g/mol. The number of nitrogens with zero attached hydrogens (tertiary/aromatic N) is 2. The summed E-state index contributed by atoms with van der Waals surface area (Å²) in [6.45, 7) is 5.03. The highest BCUT2D eigenvalue weighted by molar-refractivity contribution is 6.31. The average molecular weight is 292 g/mol. The summed E-state index contributed by atoms with van der Waals surface area (Å²) >= 11 is 6.09. The van der Waals surface area contributed by atoms with Crippen LogP contribution >= 0.6 is 11.6 Å². The first-order valence-electron chi connectivity index (χ1n) is 6.75. The van der Waals surface area contributed by atoms with Gasteiger partial charge in [-0.15, -0.1) is 0 Å². The third-order valence-corrected chi connectivity index (χ3v) is 3.19. The Hall–Kier alpha value is -1.81. The highest BCUT2D eigenvalue weighted by Crippen LogP contribution is 2.26. The van der Waals surface area contributed by atoms with Crippen molar-refractivity contribution < 1.29 is 4.74 Å². The molecule has 0 saturated heterocycles. The third-order valence-electron chi connectivity index (χ3n) is 2.82. The first-order chi connectivity index (χ1) is 9.72. The van der Waals surface area contributed by atoms with Gasteiger partial charge in [-0.2, -0.15) is 0 Å². The van der Waals surface area contributed by atoms with Crippen molar-refractivity contribution in [1.29, 1.82) is 0 Å². The zero-order valence-corrected chi connectivity index (χ0v) is 12.4. The number of anilines is 1. The standard InChI is InChI=1S/C15H18ClN3O/c1-3-7-17-14-9-15(19-10-18-14)20-12-5-6-13(16)11(4-2)8-12/h5-6,8-10H,3-4,7H2,1-2H3,(H,17,18,19). The van der Waals surface area contributed by atoms with E-state index in [1.807, 2.05) is 18.2 Å². The Morgan fingerprint density at radius 2 is 2.05 bits per heavy atom. The Bertz CT molecular complexity index is 575. The summed E-state index contributed by atoms with van der Waals surface area (Å²) in [6, 6.07) is 7.40. The highest BCUT2D eigenvalue weighted by atomic mass is 35.5. The predicted molar refractivity (Wildman–Crippen MR) is 81.7 cm³/mol. The maximum absolute atomic E-state index is 6.09. The molecule has 0 amide bonds. The fourth-order valence-corrected chi connectivity index (χ4v) is 2.00. The second-order valence-corrected chi connectivity index (χ2v) is 4.78. The Morgan fingerprint density at radius 1 is 1.20 bits per heavy atom. The second kappa shape index (κ2) is 7.10. The van der Waals surface area contributed by atoms with Gasteiger partial charge in [0.1, 0.15) is 17.9 Å². The molecule has 0 aliphatic rings. The van der Waals surface area contributed by atoms with Crippen molar-refractivity contribution in [3.05, 3.63) is 41.2 Å². The zero-order valence-electron chi connectivity index (χ0n) is 11.7. The first-order valence-corrected chi connectivity index (χ1v) is 7.13. The summed E-state index contributed by atoms with van der Waals surface area (Å²) in [7, 11) is 0. The number of rotatable bonds is 6. The number of halogens is 1. The molecule has 0 aliphatic heterocycles. The van der Waals surface area contributed by atoms with Gasteiger partial charge in [0.2, 0.25) is 5.88 Å². The summed E-state index contributed by atoms with van der Waals surface area (Å²) < 4.78 is 5.75. The molecule has 1 aromatic carbocycles. The minimum Gasteiger partial charge on any atom is -0.439 e. The van der Waals surface area contributed by atoms with E-state index in [0.29, 0.717) is 5.88 Å². The van der Waals surface area contributed by atoms with Gasteiger partial charge < -0.3 is 10.1 Å². The van der Waals surface area contributed by atoms with Crippen LogP contribution in [0.2, 0.25) is 5.02 Å².